The summed E-state index contributed by atoms with van der Waals surface area (Å²) in [4.78, 5) is 0. The maximum absolute atomic E-state index is 9.61. The van der Waals surface area contributed by atoms with Gasteiger partial charge in [-0.05, 0) is 13.3 Å². The Morgan fingerprint density at radius 2 is 1.75 bits per heavy atom. The Kier molecular flexibility index (Phi) is 4.86. The fourth-order valence-electron chi connectivity index (χ4n) is 1.40. The van der Waals surface area contributed by atoms with E-state index < -0.39 is 43.6 Å². The largest absolute Gasteiger partial charge is 0.394 e. The van der Waals surface area contributed by atoms with Crippen LogP contribution in [0.1, 0.15) is 0 Å². The minimum absolute atomic E-state index is 0.471. The molecule has 0 bridgehead atoms. The van der Waals surface area contributed by atoms with Crippen molar-refractivity contribution >= 4 is 18.1 Å². The smallest absolute Gasteiger partial charge is 0.191 e. The van der Waals surface area contributed by atoms with Gasteiger partial charge in [0.15, 0.2) is 6.29 Å². The van der Waals surface area contributed by atoms with Gasteiger partial charge < -0.3 is 29.7 Å². The second kappa shape index (κ2) is 5.37. The van der Waals surface area contributed by atoms with E-state index in [1.807, 2.05) is 0 Å². The standard InChI is InChI=1S/C8H17O6PS/c1-15(2,16)14-8-7(12)6(11)5(10)4(3-9)13-8/h4-12H,3H2,1-2H3/t4-,5-,6+,7+,8?/m1/s1. The van der Waals surface area contributed by atoms with Crippen LogP contribution in [-0.4, -0.2) is 71.1 Å². The van der Waals surface area contributed by atoms with Crippen LogP contribution in [0.2, 0.25) is 0 Å². The quantitative estimate of drug-likeness (QED) is 0.462. The zero-order chi connectivity index (χ0) is 12.5. The second-order valence-electron chi connectivity index (χ2n) is 4.05. The molecular weight excluding hydrogens is 255 g/mol. The Bertz CT molecular complexity index is 280. The molecule has 6 nitrogen and oxygen atoms in total. The van der Waals surface area contributed by atoms with Crippen LogP contribution in [0.25, 0.3) is 0 Å². The molecule has 1 aliphatic heterocycles. The van der Waals surface area contributed by atoms with Crippen LogP contribution in [0.5, 0.6) is 0 Å². The summed E-state index contributed by atoms with van der Waals surface area (Å²) in [6.07, 6.45) is -8.31. The van der Waals surface area contributed by atoms with Gasteiger partial charge >= 0.3 is 0 Å². The molecule has 0 amide bonds. The molecule has 96 valence electrons. The highest BCUT2D eigenvalue weighted by atomic mass is 32.4. The van der Waals surface area contributed by atoms with Gasteiger partial charge in [0.2, 0.25) is 0 Å². The van der Waals surface area contributed by atoms with Gasteiger partial charge in [0.25, 0.3) is 0 Å². The van der Waals surface area contributed by atoms with E-state index in [1.54, 1.807) is 13.3 Å². The fraction of sp³-hybridized carbons (Fsp3) is 1.00. The number of ether oxygens (including phenoxy) is 1. The molecule has 4 N–H and O–H groups in total. The fourth-order valence-corrected chi connectivity index (χ4v) is 2.33. The van der Waals surface area contributed by atoms with E-state index in [4.69, 9.17) is 26.2 Å². The molecular formula is C8H17O6PS. The van der Waals surface area contributed by atoms with E-state index in [0.29, 0.717) is 0 Å². The van der Waals surface area contributed by atoms with Crippen molar-refractivity contribution in [3.8, 4) is 0 Å². The first-order chi connectivity index (χ1) is 7.26. The number of aliphatic hydroxyl groups is 4. The molecule has 0 aromatic carbocycles. The van der Waals surface area contributed by atoms with Crippen molar-refractivity contribution in [1.29, 1.82) is 0 Å². The lowest BCUT2D eigenvalue weighted by atomic mass is 10.00. The summed E-state index contributed by atoms with van der Waals surface area (Å²) in [6, 6.07) is 0. The van der Waals surface area contributed by atoms with E-state index in [9.17, 15) is 15.3 Å². The van der Waals surface area contributed by atoms with Gasteiger partial charge in [0.05, 0.1) is 12.9 Å². The maximum atomic E-state index is 9.61. The monoisotopic (exact) mass is 272 g/mol. The minimum Gasteiger partial charge on any atom is -0.394 e. The van der Waals surface area contributed by atoms with Crippen LogP contribution in [0.3, 0.4) is 0 Å². The molecule has 1 unspecified atom stereocenters. The molecule has 8 heteroatoms. The molecule has 1 rings (SSSR count). The normalized spacial score (nSPS) is 41.0. The van der Waals surface area contributed by atoms with Crippen LogP contribution in [0, 0.1) is 0 Å². The predicted octanol–water partition coefficient (Wildman–Crippen LogP) is -1.54. The van der Waals surface area contributed by atoms with Crippen molar-refractivity contribution in [3.63, 3.8) is 0 Å². The second-order valence-corrected chi connectivity index (χ2v) is 9.41. The highest BCUT2D eigenvalue weighted by Crippen LogP contribution is 2.42. The predicted molar refractivity (Wildman–Crippen MR) is 61.0 cm³/mol. The van der Waals surface area contributed by atoms with Crippen molar-refractivity contribution in [2.24, 2.45) is 0 Å². The van der Waals surface area contributed by atoms with Crippen molar-refractivity contribution in [3.05, 3.63) is 0 Å². The third-order valence-corrected chi connectivity index (χ3v) is 3.18. The summed E-state index contributed by atoms with van der Waals surface area (Å²) >= 11 is 5.05. The summed E-state index contributed by atoms with van der Waals surface area (Å²) in [7, 11) is 0. The first-order valence-corrected chi connectivity index (χ1v) is 8.41. The molecule has 0 saturated carbocycles. The van der Waals surface area contributed by atoms with E-state index >= 15 is 0 Å². The number of aliphatic hydroxyl groups excluding tert-OH is 4. The third kappa shape index (κ3) is 3.45. The number of rotatable bonds is 3. The van der Waals surface area contributed by atoms with Gasteiger partial charge in [0, 0.05) is 0 Å². The Balaban J connectivity index is 2.75. The minimum atomic E-state index is -2.08. The van der Waals surface area contributed by atoms with Gasteiger partial charge in [-0.15, -0.1) is 0 Å². The van der Waals surface area contributed by atoms with Gasteiger partial charge in [0.1, 0.15) is 24.4 Å². The van der Waals surface area contributed by atoms with Crippen LogP contribution in [-0.2, 0) is 21.1 Å². The highest BCUT2D eigenvalue weighted by Gasteiger charge is 2.44. The third-order valence-electron chi connectivity index (χ3n) is 2.21. The van der Waals surface area contributed by atoms with Crippen molar-refractivity contribution < 1.29 is 29.7 Å². The van der Waals surface area contributed by atoms with E-state index in [0.717, 1.165) is 0 Å². The molecule has 16 heavy (non-hydrogen) atoms. The van der Waals surface area contributed by atoms with Crippen LogP contribution >= 0.6 is 6.26 Å². The maximum Gasteiger partial charge on any atom is 0.191 e. The summed E-state index contributed by atoms with van der Waals surface area (Å²) in [5.41, 5.74) is 0. The highest BCUT2D eigenvalue weighted by molar-refractivity contribution is 8.11. The molecule has 1 fully saturated rings. The molecule has 1 heterocycles. The van der Waals surface area contributed by atoms with Crippen molar-refractivity contribution in [1.82, 2.24) is 0 Å². The average Bonchev–Trinajstić information content (AvgIpc) is 2.17. The molecule has 5 atom stereocenters. The summed E-state index contributed by atoms with van der Waals surface area (Å²) in [5.74, 6) is 0. The van der Waals surface area contributed by atoms with Crippen LogP contribution in [0.15, 0.2) is 0 Å². The van der Waals surface area contributed by atoms with Crippen molar-refractivity contribution in [2.75, 3.05) is 19.9 Å². The van der Waals surface area contributed by atoms with Gasteiger partial charge in [-0.3, -0.25) is 0 Å². The van der Waals surface area contributed by atoms with Crippen LogP contribution in [0.4, 0.5) is 0 Å². The Morgan fingerprint density at radius 1 is 1.19 bits per heavy atom. The Hall–Kier alpha value is 0.410. The topological polar surface area (TPSA) is 99.4 Å². The lowest BCUT2D eigenvalue weighted by Gasteiger charge is -2.40. The number of hydrogen-bond donors (Lipinski definition) is 4. The molecule has 0 aromatic heterocycles. The molecule has 0 aliphatic carbocycles. The van der Waals surface area contributed by atoms with Crippen LogP contribution < -0.4 is 0 Å². The zero-order valence-corrected chi connectivity index (χ0v) is 10.8. The first-order valence-electron chi connectivity index (χ1n) is 4.80. The summed E-state index contributed by atoms with van der Waals surface area (Å²) in [6.45, 7) is 2.93. The summed E-state index contributed by atoms with van der Waals surface area (Å²) in [5, 5.41) is 37.5. The Labute approximate surface area is 98.9 Å². The van der Waals surface area contributed by atoms with Crippen molar-refractivity contribution in [2.45, 2.75) is 30.7 Å². The Morgan fingerprint density at radius 3 is 2.19 bits per heavy atom. The van der Waals surface area contributed by atoms with E-state index in [2.05, 4.69) is 0 Å². The van der Waals surface area contributed by atoms with Gasteiger partial charge in [-0.2, -0.15) is 0 Å². The summed E-state index contributed by atoms with van der Waals surface area (Å²) < 4.78 is 10.4. The molecule has 0 aromatic rings. The molecule has 1 saturated heterocycles. The number of hydrogen-bond acceptors (Lipinski definition) is 7. The SMILES string of the molecule is CP(C)(=S)OC1O[C@H](CO)[C@@H](O)[C@H](O)[C@@H]1O. The van der Waals surface area contributed by atoms with Gasteiger partial charge in [-0.1, -0.05) is 11.8 Å². The van der Waals surface area contributed by atoms with E-state index in [-0.39, 0.29) is 0 Å². The van der Waals surface area contributed by atoms with Gasteiger partial charge in [-0.25, -0.2) is 0 Å². The van der Waals surface area contributed by atoms with E-state index in [1.165, 1.54) is 0 Å². The molecule has 0 spiro atoms. The zero-order valence-electron chi connectivity index (χ0n) is 9.05. The lowest BCUT2D eigenvalue weighted by Crippen LogP contribution is -2.58. The molecule has 1 aliphatic rings. The lowest BCUT2D eigenvalue weighted by molar-refractivity contribution is -0.276. The average molecular weight is 272 g/mol. The first kappa shape index (κ1) is 14.5. The molecule has 0 radical (unpaired) electrons.